The number of hydrogen-bond donors (Lipinski definition) is 2. The van der Waals surface area contributed by atoms with Crippen molar-refractivity contribution >= 4 is 11.6 Å². The van der Waals surface area contributed by atoms with Crippen molar-refractivity contribution in [3.63, 3.8) is 0 Å². The Balaban J connectivity index is 2.06. The molecule has 0 bridgehead atoms. The maximum absolute atomic E-state index is 5.70. The fourth-order valence-corrected chi connectivity index (χ4v) is 1.48. The summed E-state index contributed by atoms with van der Waals surface area (Å²) in [7, 11) is 0. The molecular formula is C9H10N6O. The van der Waals surface area contributed by atoms with Crippen molar-refractivity contribution in [2.75, 3.05) is 11.5 Å². The largest absolute Gasteiger partial charge is 0.383 e. The predicted molar refractivity (Wildman–Crippen MR) is 56.1 cm³/mol. The Labute approximate surface area is 90.9 Å². The van der Waals surface area contributed by atoms with Gasteiger partial charge in [-0.3, -0.25) is 0 Å². The molecule has 0 amide bonds. The van der Waals surface area contributed by atoms with Crippen LogP contribution in [0.4, 0.5) is 11.6 Å². The highest BCUT2D eigenvalue weighted by atomic mass is 16.5. The zero-order valence-corrected chi connectivity index (χ0v) is 8.42. The molecule has 0 unspecified atom stereocenters. The second kappa shape index (κ2) is 3.16. The van der Waals surface area contributed by atoms with Crippen molar-refractivity contribution in [3.05, 3.63) is 12.2 Å². The molecule has 0 radical (unpaired) electrons. The second-order valence-electron chi connectivity index (χ2n) is 3.75. The summed E-state index contributed by atoms with van der Waals surface area (Å²) >= 11 is 0. The average Bonchev–Trinajstić information content (AvgIpc) is 2.99. The topological polar surface area (TPSA) is 117 Å². The molecule has 7 heteroatoms. The van der Waals surface area contributed by atoms with Crippen LogP contribution in [0.25, 0.3) is 11.5 Å². The minimum atomic E-state index is 0.249. The summed E-state index contributed by atoms with van der Waals surface area (Å²) in [5.41, 5.74) is 11.8. The molecule has 0 aliphatic heterocycles. The van der Waals surface area contributed by atoms with E-state index >= 15 is 0 Å². The maximum atomic E-state index is 5.70. The van der Waals surface area contributed by atoms with Crippen LogP contribution in [-0.2, 0) is 0 Å². The van der Waals surface area contributed by atoms with Crippen molar-refractivity contribution < 1.29 is 4.52 Å². The van der Waals surface area contributed by atoms with Crippen LogP contribution in [0.3, 0.4) is 0 Å². The molecule has 1 saturated carbocycles. The van der Waals surface area contributed by atoms with Gasteiger partial charge in [0.25, 0.3) is 5.89 Å². The lowest BCUT2D eigenvalue weighted by molar-refractivity contribution is 0.423. The number of nitrogen functional groups attached to an aromatic ring is 2. The number of hydrogen-bond acceptors (Lipinski definition) is 7. The Kier molecular flexibility index (Phi) is 1.79. The van der Waals surface area contributed by atoms with Crippen LogP contribution in [0.5, 0.6) is 0 Å². The van der Waals surface area contributed by atoms with Gasteiger partial charge in [0.05, 0.1) is 0 Å². The van der Waals surface area contributed by atoms with E-state index in [1.54, 1.807) is 0 Å². The van der Waals surface area contributed by atoms with Crippen LogP contribution in [0.2, 0.25) is 0 Å². The van der Waals surface area contributed by atoms with Gasteiger partial charge in [0.2, 0.25) is 0 Å². The summed E-state index contributed by atoms with van der Waals surface area (Å²) in [6.07, 6.45) is 3.51. The van der Waals surface area contributed by atoms with E-state index in [4.69, 9.17) is 16.0 Å². The zero-order chi connectivity index (χ0) is 11.1. The van der Waals surface area contributed by atoms with E-state index < -0.39 is 0 Å². The molecule has 0 atom stereocenters. The molecule has 0 saturated heterocycles. The summed E-state index contributed by atoms with van der Waals surface area (Å²) < 4.78 is 5.11. The van der Waals surface area contributed by atoms with Gasteiger partial charge in [0.1, 0.15) is 23.5 Å². The number of rotatable bonds is 2. The Hall–Kier alpha value is -2.18. The van der Waals surface area contributed by atoms with Crippen LogP contribution >= 0.6 is 0 Å². The molecule has 7 nitrogen and oxygen atoms in total. The molecule has 82 valence electrons. The van der Waals surface area contributed by atoms with Gasteiger partial charge in [0, 0.05) is 5.92 Å². The Morgan fingerprint density at radius 1 is 1.19 bits per heavy atom. The van der Waals surface area contributed by atoms with E-state index in [0.717, 1.165) is 12.8 Å². The minimum Gasteiger partial charge on any atom is -0.383 e. The van der Waals surface area contributed by atoms with E-state index in [-0.39, 0.29) is 17.5 Å². The molecule has 3 rings (SSSR count). The van der Waals surface area contributed by atoms with Crippen molar-refractivity contribution in [1.29, 1.82) is 0 Å². The monoisotopic (exact) mass is 218 g/mol. The molecule has 1 fully saturated rings. The van der Waals surface area contributed by atoms with Gasteiger partial charge < -0.3 is 16.0 Å². The third kappa shape index (κ3) is 1.37. The highest BCUT2D eigenvalue weighted by Gasteiger charge is 2.29. The van der Waals surface area contributed by atoms with Crippen molar-refractivity contribution in [1.82, 2.24) is 20.1 Å². The predicted octanol–water partition coefficient (Wildman–Crippen LogP) is 0.568. The van der Waals surface area contributed by atoms with Crippen LogP contribution in [0, 0.1) is 0 Å². The Morgan fingerprint density at radius 3 is 2.50 bits per heavy atom. The fourth-order valence-electron chi connectivity index (χ4n) is 1.48. The van der Waals surface area contributed by atoms with E-state index in [2.05, 4.69) is 20.1 Å². The van der Waals surface area contributed by atoms with Crippen LogP contribution in [0.15, 0.2) is 10.9 Å². The van der Waals surface area contributed by atoms with Gasteiger partial charge in [-0.05, 0) is 12.8 Å². The molecule has 16 heavy (non-hydrogen) atoms. The third-order valence-corrected chi connectivity index (χ3v) is 2.50. The highest BCUT2D eigenvalue weighted by molar-refractivity contribution is 5.76. The molecule has 2 heterocycles. The Morgan fingerprint density at radius 2 is 1.88 bits per heavy atom. The van der Waals surface area contributed by atoms with E-state index in [1.807, 2.05) is 0 Å². The highest BCUT2D eigenvalue weighted by Crippen LogP contribution is 2.39. The lowest BCUT2D eigenvalue weighted by atomic mass is 10.3. The van der Waals surface area contributed by atoms with Crippen LogP contribution < -0.4 is 11.5 Å². The standard InChI is InChI=1S/C9H10N6O/c10-6-5(7(11)13-3-12-6)9-14-8(15-16-9)4-1-2-4/h3-4H,1-2H2,(H4,10,11,12,13). The van der Waals surface area contributed by atoms with Gasteiger partial charge in [-0.25, -0.2) is 9.97 Å². The van der Waals surface area contributed by atoms with Gasteiger partial charge >= 0.3 is 0 Å². The number of nitrogens with two attached hydrogens (primary N) is 2. The van der Waals surface area contributed by atoms with Gasteiger partial charge in [-0.15, -0.1) is 0 Å². The van der Waals surface area contributed by atoms with Crippen molar-refractivity contribution in [2.24, 2.45) is 0 Å². The lowest BCUT2D eigenvalue weighted by Crippen LogP contribution is -2.01. The summed E-state index contributed by atoms with van der Waals surface area (Å²) in [6, 6.07) is 0. The maximum Gasteiger partial charge on any atom is 0.265 e. The Bertz CT molecular complexity index is 512. The molecule has 0 spiro atoms. The summed E-state index contributed by atoms with van der Waals surface area (Å²) in [5.74, 6) is 1.91. The number of anilines is 2. The number of nitrogens with zero attached hydrogens (tertiary/aromatic N) is 4. The SMILES string of the molecule is Nc1ncnc(N)c1-c1nc(C2CC2)no1. The van der Waals surface area contributed by atoms with Crippen molar-refractivity contribution in [2.45, 2.75) is 18.8 Å². The normalized spacial score (nSPS) is 15.2. The quantitative estimate of drug-likeness (QED) is 0.756. The summed E-state index contributed by atoms with van der Waals surface area (Å²) in [4.78, 5) is 11.9. The van der Waals surface area contributed by atoms with Gasteiger partial charge in [-0.1, -0.05) is 5.16 Å². The van der Waals surface area contributed by atoms with Gasteiger partial charge in [-0.2, -0.15) is 4.98 Å². The molecule has 0 aromatic carbocycles. The third-order valence-electron chi connectivity index (χ3n) is 2.50. The fraction of sp³-hybridized carbons (Fsp3) is 0.333. The molecule has 2 aromatic rings. The first-order chi connectivity index (χ1) is 7.75. The molecular weight excluding hydrogens is 208 g/mol. The zero-order valence-electron chi connectivity index (χ0n) is 8.42. The summed E-state index contributed by atoms with van der Waals surface area (Å²) in [6.45, 7) is 0. The lowest BCUT2D eigenvalue weighted by Gasteiger charge is -2.00. The molecule has 1 aliphatic rings. The summed E-state index contributed by atoms with van der Waals surface area (Å²) in [5, 5.41) is 3.88. The minimum absolute atomic E-state index is 0.249. The number of aromatic nitrogens is 4. The molecule has 4 N–H and O–H groups in total. The smallest absolute Gasteiger partial charge is 0.265 e. The van der Waals surface area contributed by atoms with Crippen LogP contribution in [-0.4, -0.2) is 20.1 Å². The first-order valence-corrected chi connectivity index (χ1v) is 4.95. The van der Waals surface area contributed by atoms with Gasteiger partial charge in [0.15, 0.2) is 5.82 Å². The second-order valence-corrected chi connectivity index (χ2v) is 3.75. The van der Waals surface area contributed by atoms with E-state index in [1.165, 1.54) is 6.33 Å². The first kappa shape index (κ1) is 9.08. The molecule has 2 aromatic heterocycles. The molecule has 1 aliphatic carbocycles. The van der Waals surface area contributed by atoms with Crippen molar-refractivity contribution in [3.8, 4) is 11.5 Å². The first-order valence-electron chi connectivity index (χ1n) is 4.95. The van der Waals surface area contributed by atoms with E-state index in [9.17, 15) is 0 Å². The van der Waals surface area contributed by atoms with E-state index in [0.29, 0.717) is 17.3 Å². The van der Waals surface area contributed by atoms with Crippen LogP contribution in [0.1, 0.15) is 24.6 Å². The average molecular weight is 218 g/mol.